The van der Waals surface area contributed by atoms with Gasteiger partial charge in [0.25, 0.3) is 5.91 Å². The number of hydrogen-bond donors (Lipinski definition) is 2. The highest BCUT2D eigenvalue weighted by molar-refractivity contribution is 9.10. The third-order valence-corrected chi connectivity index (χ3v) is 5.02. The number of halogens is 1. The van der Waals surface area contributed by atoms with Crippen molar-refractivity contribution < 1.29 is 14.3 Å². The number of rotatable bonds is 5. The first kappa shape index (κ1) is 19.1. The minimum atomic E-state index is -0.381. The summed E-state index contributed by atoms with van der Waals surface area (Å²) in [5.74, 6) is 0.465. The first-order valence-electron chi connectivity index (χ1n) is 8.98. The number of aryl methyl sites for hydroxylation is 1. The molecule has 0 unspecified atom stereocenters. The van der Waals surface area contributed by atoms with E-state index in [-0.39, 0.29) is 30.9 Å². The molecule has 148 valence electrons. The second-order valence-electron chi connectivity index (χ2n) is 6.68. The van der Waals surface area contributed by atoms with E-state index >= 15 is 0 Å². The van der Waals surface area contributed by atoms with Crippen molar-refractivity contribution in [1.29, 1.82) is 0 Å². The molecule has 1 atom stereocenters. The molecule has 2 aromatic carbocycles. The largest absolute Gasteiger partial charge is 0.483 e. The Morgan fingerprint density at radius 3 is 2.90 bits per heavy atom. The molecule has 2 N–H and O–H groups in total. The number of fused-ring (bicyclic) bond motifs is 1. The highest BCUT2D eigenvalue weighted by Gasteiger charge is 2.30. The van der Waals surface area contributed by atoms with Crippen LogP contribution >= 0.6 is 15.9 Å². The van der Waals surface area contributed by atoms with Gasteiger partial charge in [-0.2, -0.15) is 10.1 Å². The van der Waals surface area contributed by atoms with E-state index in [1.807, 2.05) is 43.3 Å². The van der Waals surface area contributed by atoms with Crippen LogP contribution in [0.1, 0.15) is 23.6 Å². The molecule has 0 saturated carbocycles. The molecule has 0 fully saturated rings. The van der Waals surface area contributed by atoms with E-state index in [1.54, 1.807) is 10.7 Å². The van der Waals surface area contributed by atoms with E-state index < -0.39 is 0 Å². The predicted octanol–water partition coefficient (Wildman–Crippen LogP) is 3.30. The number of aromatic nitrogens is 3. The Kier molecular flexibility index (Phi) is 5.30. The zero-order valence-corrected chi connectivity index (χ0v) is 17.1. The average molecular weight is 456 g/mol. The summed E-state index contributed by atoms with van der Waals surface area (Å²) in [4.78, 5) is 28.5. The third-order valence-electron chi connectivity index (χ3n) is 4.52. The van der Waals surface area contributed by atoms with Crippen molar-refractivity contribution in [2.75, 3.05) is 17.2 Å². The Bertz CT molecular complexity index is 1060. The fraction of sp³-hybridized carbons (Fsp3) is 0.200. The van der Waals surface area contributed by atoms with Crippen LogP contribution in [-0.2, 0) is 9.59 Å². The van der Waals surface area contributed by atoms with Crippen LogP contribution in [0.5, 0.6) is 5.75 Å². The minimum absolute atomic E-state index is 0.154. The number of nitrogens with one attached hydrogen (secondary N) is 2. The van der Waals surface area contributed by atoms with Crippen molar-refractivity contribution in [3.05, 3.63) is 64.4 Å². The van der Waals surface area contributed by atoms with E-state index in [4.69, 9.17) is 4.74 Å². The monoisotopic (exact) mass is 455 g/mol. The van der Waals surface area contributed by atoms with Crippen molar-refractivity contribution in [3.8, 4) is 5.75 Å². The highest BCUT2D eigenvalue weighted by Crippen LogP contribution is 2.36. The second kappa shape index (κ2) is 8.04. The van der Waals surface area contributed by atoms with Gasteiger partial charge in [-0.15, -0.1) is 0 Å². The van der Waals surface area contributed by atoms with Gasteiger partial charge in [-0.05, 0) is 37.3 Å². The molecule has 4 rings (SSSR count). The summed E-state index contributed by atoms with van der Waals surface area (Å²) >= 11 is 3.46. The minimum Gasteiger partial charge on any atom is -0.483 e. The molecule has 3 aromatic rings. The Hall–Kier alpha value is -3.20. The number of ether oxygens (including phenoxy) is 1. The van der Waals surface area contributed by atoms with Crippen molar-refractivity contribution in [2.24, 2.45) is 0 Å². The van der Waals surface area contributed by atoms with Gasteiger partial charge in [0.2, 0.25) is 11.9 Å². The Balaban J connectivity index is 1.53. The molecule has 0 radical (unpaired) electrons. The van der Waals surface area contributed by atoms with Crippen LogP contribution in [0.3, 0.4) is 0 Å². The number of hydrogen-bond acceptors (Lipinski definition) is 5. The van der Waals surface area contributed by atoms with Crippen molar-refractivity contribution >= 4 is 39.4 Å². The SMILES string of the molecule is Cc1ccc(NC(=O)COc2ccc(Br)cc2[C@H]2CC(=O)Nc3ncnn32)cc1. The molecule has 0 bridgehead atoms. The topological polar surface area (TPSA) is 98.1 Å². The smallest absolute Gasteiger partial charge is 0.262 e. The average Bonchev–Trinajstić information content (AvgIpc) is 3.16. The summed E-state index contributed by atoms with van der Waals surface area (Å²) in [6, 6.07) is 12.6. The number of benzene rings is 2. The van der Waals surface area contributed by atoms with E-state index in [0.717, 1.165) is 15.6 Å². The number of amides is 2. The van der Waals surface area contributed by atoms with Crippen molar-refractivity contribution in [2.45, 2.75) is 19.4 Å². The molecule has 2 heterocycles. The van der Waals surface area contributed by atoms with Gasteiger partial charge in [0.1, 0.15) is 12.1 Å². The summed E-state index contributed by atoms with van der Waals surface area (Å²) in [5.41, 5.74) is 2.56. The van der Waals surface area contributed by atoms with Crippen molar-refractivity contribution in [1.82, 2.24) is 14.8 Å². The molecule has 2 amide bonds. The van der Waals surface area contributed by atoms with Gasteiger partial charge >= 0.3 is 0 Å². The van der Waals surface area contributed by atoms with Crippen molar-refractivity contribution in [3.63, 3.8) is 0 Å². The molecule has 9 heteroatoms. The van der Waals surface area contributed by atoms with Crippen LogP contribution in [0, 0.1) is 6.92 Å². The zero-order chi connectivity index (χ0) is 20.4. The van der Waals surface area contributed by atoms with E-state index in [0.29, 0.717) is 17.4 Å². The molecule has 8 nitrogen and oxygen atoms in total. The van der Waals surface area contributed by atoms with Crippen LogP contribution in [0.4, 0.5) is 11.6 Å². The summed E-state index contributed by atoms with van der Waals surface area (Å²) in [7, 11) is 0. The van der Waals surface area contributed by atoms with E-state index in [2.05, 4.69) is 36.6 Å². The van der Waals surface area contributed by atoms with Crippen LogP contribution < -0.4 is 15.4 Å². The summed E-state index contributed by atoms with van der Waals surface area (Å²) in [6.45, 7) is 1.82. The van der Waals surface area contributed by atoms with E-state index in [1.165, 1.54) is 6.33 Å². The first-order chi connectivity index (χ1) is 14.0. The Morgan fingerprint density at radius 1 is 1.31 bits per heavy atom. The Morgan fingerprint density at radius 2 is 2.10 bits per heavy atom. The maximum atomic E-state index is 12.3. The number of carbonyl (C=O) groups is 2. The molecule has 0 spiro atoms. The van der Waals surface area contributed by atoms with Gasteiger partial charge in [0.15, 0.2) is 6.61 Å². The normalized spacial score (nSPS) is 15.4. The maximum absolute atomic E-state index is 12.3. The molecule has 1 aliphatic rings. The van der Waals surface area contributed by atoms with Gasteiger partial charge in [0.05, 0.1) is 12.5 Å². The highest BCUT2D eigenvalue weighted by atomic mass is 79.9. The molecule has 1 aliphatic heterocycles. The quantitative estimate of drug-likeness (QED) is 0.614. The molecule has 0 aliphatic carbocycles. The summed E-state index contributed by atoms with van der Waals surface area (Å²) < 4.78 is 8.28. The van der Waals surface area contributed by atoms with Crippen LogP contribution in [0.25, 0.3) is 0 Å². The van der Waals surface area contributed by atoms with Gasteiger partial charge in [-0.25, -0.2) is 4.68 Å². The van der Waals surface area contributed by atoms with Gasteiger partial charge < -0.3 is 10.1 Å². The fourth-order valence-corrected chi connectivity index (χ4v) is 3.51. The maximum Gasteiger partial charge on any atom is 0.262 e. The standard InChI is InChI=1S/C20H18BrN5O3/c1-12-2-5-14(6-3-12)24-19(28)10-29-17-7-4-13(21)8-15(17)16-9-18(27)25-20-22-11-23-26(16)20/h2-8,11,16H,9-10H2,1H3,(H,24,28)(H,22,23,25,27)/t16-/m1/s1. The van der Waals surface area contributed by atoms with Crippen LogP contribution in [0.15, 0.2) is 53.3 Å². The lowest BCUT2D eigenvalue weighted by Gasteiger charge is -2.25. The lowest BCUT2D eigenvalue weighted by Crippen LogP contribution is -2.30. The number of nitrogens with zero attached hydrogens (tertiary/aromatic N) is 3. The third kappa shape index (κ3) is 4.29. The fourth-order valence-electron chi connectivity index (χ4n) is 3.14. The van der Waals surface area contributed by atoms with Gasteiger partial charge in [-0.3, -0.25) is 14.9 Å². The van der Waals surface area contributed by atoms with Gasteiger partial charge in [0, 0.05) is 15.7 Å². The lowest BCUT2D eigenvalue weighted by molar-refractivity contribution is -0.118. The molecular weight excluding hydrogens is 438 g/mol. The van der Waals surface area contributed by atoms with E-state index in [9.17, 15) is 9.59 Å². The van der Waals surface area contributed by atoms with Crippen LogP contribution in [0.2, 0.25) is 0 Å². The second-order valence-corrected chi connectivity index (χ2v) is 7.60. The summed E-state index contributed by atoms with van der Waals surface area (Å²) in [6.07, 6.45) is 1.58. The Labute approximate surface area is 175 Å². The van der Waals surface area contributed by atoms with Crippen LogP contribution in [-0.4, -0.2) is 33.2 Å². The zero-order valence-electron chi connectivity index (χ0n) is 15.6. The lowest BCUT2D eigenvalue weighted by atomic mass is 10.0. The number of anilines is 2. The predicted molar refractivity (Wildman–Crippen MR) is 111 cm³/mol. The number of carbonyl (C=O) groups excluding carboxylic acids is 2. The molecule has 1 aromatic heterocycles. The first-order valence-corrected chi connectivity index (χ1v) is 9.77. The molecule has 0 saturated heterocycles. The van der Waals surface area contributed by atoms with Gasteiger partial charge in [-0.1, -0.05) is 33.6 Å². The summed E-state index contributed by atoms with van der Waals surface area (Å²) in [5, 5.41) is 9.71. The molecule has 29 heavy (non-hydrogen) atoms. The molecular formula is C20H18BrN5O3.